The normalized spacial score (nSPS) is 12.3. The Kier molecular flexibility index (Phi) is 4.20. The van der Waals surface area contributed by atoms with Gasteiger partial charge in [-0.3, -0.25) is 4.79 Å². The smallest absolute Gasteiger partial charge is 0.168 e. The Balaban J connectivity index is 2.87. The molecular formula is C16H24O2. The van der Waals surface area contributed by atoms with Crippen molar-refractivity contribution >= 4 is 5.78 Å². The van der Waals surface area contributed by atoms with Crippen LogP contribution in [0.2, 0.25) is 0 Å². The summed E-state index contributed by atoms with van der Waals surface area (Å²) in [5.74, 6) is 0.987. The quantitative estimate of drug-likeness (QED) is 0.734. The van der Waals surface area contributed by atoms with Crippen LogP contribution in [0, 0.1) is 5.41 Å². The first-order valence-electron chi connectivity index (χ1n) is 6.49. The Morgan fingerprint density at radius 1 is 1.06 bits per heavy atom. The molecule has 18 heavy (non-hydrogen) atoms. The number of Topliss-reactive ketones (excluding diaryl/α,β-unsaturated/α-hetero) is 1. The van der Waals surface area contributed by atoms with Crippen LogP contribution in [0.1, 0.15) is 58.3 Å². The van der Waals surface area contributed by atoms with Crippen molar-refractivity contribution in [3.8, 4) is 5.75 Å². The van der Waals surface area contributed by atoms with Crippen molar-refractivity contribution in [1.29, 1.82) is 0 Å². The van der Waals surface area contributed by atoms with E-state index in [9.17, 15) is 4.79 Å². The van der Waals surface area contributed by atoms with Gasteiger partial charge in [0.2, 0.25) is 0 Å². The zero-order chi connectivity index (χ0) is 14.0. The second-order valence-electron chi connectivity index (χ2n) is 6.31. The Morgan fingerprint density at radius 2 is 1.56 bits per heavy atom. The van der Waals surface area contributed by atoms with Gasteiger partial charge in [0.05, 0.1) is 0 Å². The monoisotopic (exact) mass is 248 g/mol. The van der Waals surface area contributed by atoms with Gasteiger partial charge in [0.1, 0.15) is 11.4 Å². The predicted octanol–water partition coefficient (Wildman–Crippen LogP) is 4.48. The van der Waals surface area contributed by atoms with Gasteiger partial charge in [-0.15, -0.1) is 0 Å². The maximum Gasteiger partial charge on any atom is 0.168 e. The second kappa shape index (κ2) is 5.13. The minimum absolute atomic E-state index is 0.187. The van der Waals surface area contributed by atoms with E-state index < -0.39 is 0 Å². The van der Waals surface area contributed by atoms with Gasteiger partial charge in [0.15, 0.2) is 5.78 Å². The summed E-state index contributed by atoms with van der Waals surface area (Å²) < 4.78 is 5.74. The van der Waals surface area contributed by atoms with Crippen LogP contribution < -0.4 is 4.74 Å². The van der Waals surface area contributed by atoms with Crippen molar-refractivity contribution in [3.63, 3.8) is 0 Å². The van der Waals surface area contributed by atoms with E-state index >= 15 is 0 Å². The summed E-state index contributed by atoms with van der Waals surface area (Å²) in [5.41, 5.74) is 0.240. The number of carbonyl (C=O) groups excluding carboxylic acids is 1. The van der Waals surface area contributed by atoms with Crippen molar-refractivity contribution in [1.82, 2.24) is 0 Å². The number of rotatable bonds is 4. The van der Waals surface area contributed by atoms with E-state index in [1.807, 2.05) is 65.8 Å². The highest BCUT2D eigenvalue weighted by Crippen LogP contribution is 2.27. The van der Waals surface area contributed by atoms with Gasteiger partial charge in [-0.2, -0.15) is 0 Å². The third kappa shape index (κ3) is 3.86. The zero-order valence-electron chi connectivity index (χ0n) is 12.3. The summed E-state index contributed by atoms with van der Waals surface area (Å²) in [6, 6.07) is 7.43. The highest BCUT2D eigenvalue weighted by molar-refractivity contribution is 6.00. The lowest BCUT2D eigenvalue weighted by atomic mass is 9.82. The lowest BCUT2D eigenvalue weighted by Gasteiger charge is -2.23. The number of carbonyl (C=O) groups is 1. The van der Waals surface area contributed by atoms with Crippen molar-refractivity contribution < 1.29 is 9.53 Å². The second-order valence-corrected chi connectivity index (χ2v) is 6.31. The molecule has 0 aliphatic rings. The Labute approximate surface area is 110 Å². The van der Waals surface area contributed by atoms with E-state index in [0.717, 1.165) is 17.7 Å². The number of benzene rings is 1. The van der Waals surface area contributed by atoms with Crippen LogP contribution in [-0.4, -0.2) is 11.4 Å². The number of hydrogen-bond acceptors (Lipinski definition) is 2. The summed E-state index contributed by atoms with van der Waals surface area (Å²) in [6.07, 6.45) is 0.839. The van der Waals surface area contributed by atoms with Crippen LogP contribution in [0.15, 0.2) is 24.3 Å². The molecule has 0 bridgehead atoms. The zero-order valence-corrected chi connectivity index (χ0v) is 12.3. The predicted molar refractivity (Wildman–Crippen MR) is 75.2 cm³/mol. The molecule has 0 saturated carbocycles. The van der Waals surface area contributed by atoms with E-state index in [-0.39, 0.29) is 16.8 Å². The third-order valence-corrected chi connectivity index (χ3v) is 3.04. The SMILES string of the molecule is CCC(C)(C)C(=O)c1ccc(OC(C)(C)C)cc1. The molecule has 1 aromatic carbocycles. The molecule has 0 aromatic heterocycles. The molecule has 2 nitrogen and oxygen atoms in total. The van der Waals surface area contributed by atoms with Crippen LogP contribution in [0.3, 0.4) is 0 Å². The average molecular weight is 248 g/mol. The van der Waals surface area contributed by atoms with E-state index in [1.54, 1.807) is 0 Å². The molecule has 0 aliphatic heterocycles. The molecule has 0 saturated heterocycles. The van der Waals surface area contributed by atoms with Crippen molar-refractivity contribution in [3.05, 3.63) is 29.8 Å². The lowest BCUT2D eigenvalue weighted by Crippen LogP contribution is -2.24. The summed E-state index contributed by atoms with van der Waals surface area (Å²) in [6.45, 7) is 12.0. The number of hydrogen-bond donors (Lipinski definition) is 0. The van der Waals surface area contributed by atoms with E-state index in [2.05, 4.69) is 0 Å². The minimum atomic E-state index is -0.299. The van der Waals surface area contributed by atoms with Gasteiger partial charge in [-0.1, -0.05) is 20.8 Å². The van der Waals surface area contributed by atoms with Crippen molar-refractivity contribution in [2.24, 2.45) is 5.41 Å². The van der Waals surface area contributed by atoms with Gasteiger partial charge in [0.25, 0.3) is 0 Å². The Hall–Kier alpha value is -1.31. The molecule has 100 valence electrons. The first-order chi connectivity index (χ1) is 8.15. The van der Waals surface area contributed by atoms with Crippen LogP contribution in [0.25, 0.3) is 0 Å². The maximum atomic E-state index is 12.3. The van der Waals surface area contributed by atoms with E-state index in [1.165, 1.54) is 0 Å². The molecule has 0 heterocycles. The molecule has 1 aromatic rings. The highest BCUT2D eigenvalue weighted by Gasteiger charge is 2.26. The molecule has 0 radical (unpaired) electrons. The molecule has 1 rings (SSSR count). The van der Waals surface area contributed by atoms with Gasteiger partial charge >= 0.3 is 0 Å². The largest absolute Gasteiger partial charge is 0.488 e. The molecule has 2 heteroatoms. The fourth-order valence-electron chi connectivity index (χ4n) is 1.58. The van der Waals surface area contributed by atoms with E-state index in [4.69, 9.17) is 4.74 Å². The molecule has 0 amide bonds. The van der Waals surface area contributed by atoms with Crippen molar-refractivity contribution in [2.45, 2.75) is 53.6 Å². The average Bonchev–Trinajstić information content (AvgIpc) is 2.27. The Bertz CT molecular complexity index is 408. The summed E-state index contributed by atoms with van der Waals surface area (Å²) in [4.78, 5) is 12.3. The van der Waals surface area contributed by atoms with Gasteiger partial charge in [0, 0.05) is 11.0 Å². The molecule has 0 aliphatic carbocycles. The summed E-state index contributed by atoms with van der Waals surface area (Å²) >= 11 is 0. The fourth-order valence-corrected chi connectivity index (χ4v) is 1.58. The molecule has 0 unspecified atom stereocenters. The molecule has 0 spiro atoms. The third-order valence-electron chi connectivity index (χ3n) is 3.04. The molecule has 0 N–H and O–H groups in total. The highest BCUT2D eigenvalue weighted by atomic mass is 16.5. The first-order valence-corrected chi connectivity index (χ1v) is 6.49. The minimum Gasteiger partial charge on any atom is -0.488 e. The summed E-state index contributed by atoms with van der Waals surface area (Å²) in [5, 5.41) is 0. The van der Waals surface area contributed by atoms with Crippen LogP contribution in [-0.2, 0) is 0 Å². The first kappa shape index (κ1) is 14.7. The fraction of sp³-hybridized carbons (Fsp3) is 0.562. The molecular weight excluding hydrogens is 224 g/mol. The van der Waals surface area contributed by atoms with Gasteiger partial charge in [-0.25, -0.2) is 0 Å². The Morgan fingerprint density at radius 3 is 1.94 bits per heavy atom. The molecule has 0 fully saturated rings. The number of ketones is 1. The van der Waals surface area contributed by atoms with Crippen LogP contribution in [0.5, 0.6) is 5.75 Å². The van der Waals surface area contributed by atoms with Gasteiger partial charge < -0.3 is 4.74 Å². The summed E-state index contributed by atoms with van der Waals surface area (Å²) in [7, 11) is 0. The standard InChI is InChI=1S/C16H24O2/c1-7-16(5,6)14(17)12-8-10-13(11-9-12)18-15(2,3)4/h8-11H,7H2,1-6H3. The number of ether oxygens (including phenoxy) is 1. The van der Waals surface area contributed by atoms with Gasteiger partial charge in [-0.05, 0) is 51.5 Å². The topological polar surface area (TPSA) is 26.3 Å². The van der Waals surface area contributed by atoms with E-state index in [0.29, 0.717) is 0 Å². The van der Waals surface area contributed by atoms with Crippen molar-refractivity contribution in [2.75, 3.05) is 0 Å². The van der Waals surface area contributed by atoms with Crippen LogP contribution >= 0.6 is 0 Å². The maximum absolute atomic E-state index is 12.3. The van der Waals surface area contributed by atoms with Crippen LogP contribution in [0.4, 0.5) is 0 Å². The molecule has 0 atom stereocenters. The lowest BCUT2D eigenvalue weighted by molar-refractivity contribution is 0.0833.